The number of hydrogen-bond donors (Lipinski definition) is 1. The zero-order valence-electron chi connectivity index (χ0n) is 12.3. The van der Waals surface area contributed by atoms with Crippen LogP contribution in [0.25, 0.3) is 0 Å². The molecule has 0 aliphatic carbocycles. The lowest BCUT2D eigenvalue weighted by Crippen LogP contribution is -2.59. The van der Waals surface area contributed by atoms with Crippen LogP contribution in [0.5, 0.6) is 0 Å². The topological polar surface area (TPSA) is 52.6 Å². The van der Waals surface area contributed by atoms with Gasteiger partial charge in [0.15, 0.2) is 0 Å². The van der Waals surface area contributed by atoms with Crippen molar-refractivity contribution in [3.63, 3.8) is 0 Å². The van der Waals surface area contributed by atoms with E-state index in [2.05, 4.69) is 17.3 Å². The number of hydrogen-bond acceptors (Lipinski definition) is 3. The third-order valence-corrected chi connectivity index (χ3v) is 4.34. The highest BCUT2D eigenvalue weighted by atomic mass is 16.2. The van der Waals surface area contributed by atoms with Crippen LogP contribution < -0.4 is 5.32 Å². The lowest BCUT2D eigenvalue weighted by molar-refractivity contribution is -0.149. The Labute approximate surface area is 124 Å². The Morgan fingerprint density at radius 1 is 1.19 bits per heavy atom. The Balaban J connectivity index is 1.92. The fraction of sp³-hybridized carbons (Fsp3) is 0.500. The molecule has 1 aromatic rings. The first-order valence-electron chi connectivity index (χ1n) is 7.49. The van der Waals surface area contributed by atoms with E-state index in [4.69, 9.17) is 0 Å². The zero-order valence-corrected chi connectivity index (χ0v) is 12.3. The molecule has 2 atom stereocenters. The highest BCUT2D eigenvalue weighted by molar-refractivity contribution is 5.95. The van der Waals surface area contributed by atoms with Gasteiger partial charge in [-0.3, -0.25) is 9.59 Å². The van der Waals surface area contributed by atoms with E-state index >= 15 is 0 Å². The Morgan fingerprint density at radius 3 is 2.67 bits per heavy atom. The molecule has 2 fully saturated rings. The maximum Gasteiger partial charge on any atom is 0.247 e. The number of piperazine rings is 1. The summed E-state index contributed by atoms with van der Waals surface area (Å²) in [4.78, 5) is 28.8. The summed E-state index contributed by atoms with van der Waals surface area (Å²) in [6, 6.07) is 9.20. The van der Waals surface area contributed by atoms with Gasteiger partial charge < -0.3 is 15.1 Å². The fourth-order valence-corrected chi connectivity index (χ4v) is 3.35. The lowest BCUT2D eigenvalue weighted by atomic mass is 9.96. The number of rotatable bonds is 2. The lowest BCUT2D eigenvalue weighted by Gasteiger charge is -2.44. The molecule has 2 unspecified atom stereocenters. The number of piperidine rings is 1. The molecule has 3 rings (SSSR count). The predicted octanol–water partition coefficient (Wildman–Crippen LogP) is 0.780. The van der Waals surface area contributed by atoms with E-state index in [1.54, 1.807) is 0 Å². The molecule has 5 heteroatoms. The molecule has 2 aliphatic rings. The minimum absolute atomic E-state index is 0.0174. The van der Waals surface area contributed by atoms with E-state index < -0.39 is 6.04 Å². The highest BCUT2D eigenvalue weighted by Gasteiger charge is 2.40. The molecule has 2 aliphatic heterocycles. The minimum atomic E-state index is -0.496. The van der Waals surface area contributed by atoms with Crippen molar-refractivity contribution in [2.24, 2.45) is 0 Å². The van der Waals surface area contributed by atoms with Gasteiger partial charge in [0.05, 0.1) is 6.54 Å². The Kier molecular flexibility index (Phi) is 3.92. The molecule has 2 amide bonds. The molecule has 2 heterocycles. The van der Waals surface area contributed by atoms with E-state index in [-0.39, 0.29) is 24.4 Å². The highest BCUT2D eigenvalue weighted by Crippen LogP contribution is 2.29. The van der Waals surface area contributed by atoms with Crippen LogP contribution in [0, 0.1) is 0 Å². The van der Waals surface area contributed by atoms with Gasteiger partial charge in [0.1, 0.15) is 6.04 Å². The van der Waals surface area contributed by atoms with Crippen LogP contribution in [0.15, 0.2) is 30.3 Å². The van der Waals surface area contributed by atoms with Gasteiger partial charge in [-0.25, -0.2) is 0 Å². The first kappa shape index (κ1) is 14.1. The third-order valence-electron chi connectivity index (χ3n) is 4.34. The van der Waals surface area contributed by atoms with Crippen molar-refractivity contribution in [3.05, 3.63) is 35.9 Å². The van der Waals surface area contributed by atoms with Gasteiger partial charge >= 0.3 is 0 Å². The largest absolute Gasteiger partial charge is 0.345 e. The second-order valence-electron chi connectivity index (χ2n) is 5.89. The SMILES string of the molecule is CN1CCCC(N2C(=O)CNC(=O)C2c2ccccc2)C1. The molecule has 112 valence electrons. The standard InChI is InChI=1S/C16H21N3O2/c1-18-9-5-8-13(11-18)19-14(20)10-17-16(21)15(19)12-6-3-2-4-7-12/h2-4,6-7,13,15H,5,8-11H2,1H3,(H,17,21). The van der Waals surface area contributed by atoms with Crippen LogP contribution in [0.4, 0.5) is 0 Å². The van der Waals surface area contributed by atoms with Crippen LogP contribution in [0.3, 0.4) is 0 Å². The van der Waals surface area contributed by atoms with Gasteiger partial charge in [-0.15, -0.1) is 0 Å². The van der Waals surface area contributed by atoms with Gasteiger partial charge in [-0.2, -0.15) is 0 Å². The molecule has 0 spiro atoms. The van der Waals surface area contributed by atoms with Gasteiger partial charge in [-0.05, 0) is 32.0 Å². The third kappa shape index (κ3) is 2.78. The van der Waals surface area contributed by atoms with Crippen LogP contribution >= 0.6 is 0 Å². The summed E-state index contributed by atoms with van der Waals surface area (Å²) in [6.45, 7) is 2.01. The second-order valence-corrected chi connectivity index (χ2v) is 5.89. The molecule has 5 nitrogen and oxygen atoms in total. The smallest absolute Gasteiger partial charge is 0.247 e. The van der Waals surface area contributed by atoms with E-state index in [1.165, 1.54) is 0 Å². The number of benzene rings is 1. The van der Waals surface area contributed by atoms with Crippen molar-refractivity contribution >= 4 is 11.8 Å². The van der Waals surface area contributed by atoms with Crippen molar-refractivity contribution in [1.82, 2.24) is 15.1 Å². The van der Waals surface area contributed by atoms with Gasteiger partial charge in [0, 0.05) is 12.6 Å². The molecular weight excluding hydrogens is 266 g/mol. The fourth-order valence-electron chi connectivity index (χ4n) is 3.35. The van der Waals surface area contributed by atoms with Crippen LogP contribution in [-0.2, 0) is 9.59 Å². The number of carbonyl (C=O) groups excluding carboxylic acids is 2. The molecule has 2 saturated heterocycles. The van der Waals surface area contributed by atoms with E-state index in [0.717, 1.165) is 31.5 Å². The normalized spacial score (nSPS) is 27.6. The quantitative estimate of drug-likeness (QED) is 0.874. The van der Waals surface area contributed by atoms with Crippen molar-refractivity contribution in [2.75, 3.05) is 26.7 Å². The summed E-state index contributed by atoms with van der Waals surface area (Å²) in [6.07, 6.45) is 2.03. The first-order chi connectivity index (χ1) is 10.2. The van der Waals surface area contributed by atoms with E-state index in [1.807, 2.05) is 35.2 Å². The average Bonchev–Trinajstić information content (AvgIpc) is 2.50. The summed E-state index contributed by atoms with van der Waals surface area (Å²) in [7, 11) is 2.07. The second kappa shape index (κ2) is 5.85. The summed E-state index contributed by atoms with van der Waals surface area (Å²) >= 11 is 0. The summed E-state index contributed by atoms with van der Waals surface area (Å²) in [5.74, 6) is -0.0576. The predicted molar refractivity (Wildman–Crippen MR) is 79.6 cm³/mol. The molecule has 21 heavy (non-hydrogen) atoms. The minimum Gasteiger partial charge on any atom is -0.345 e. The first-order valence-corrected chi connectivity index (χ1v) is 7.49. The average molecular weight is 287 g/mol. The number of nitrogens with zero attached hydrogens (tertiary/aromatic N) is 2. The van der Waals surface area contributed by atoms with Crippen LogP contribution in [0.2, 0.25) is 0 Å². The molecule has 0 aromatic heterocycles. The number of nitrogens with one attached hydrogen (secondary N) is 1. The number of carbonyl (C=O) groups is 2. The van der Waals surface area contributed by atoms with Crippen molar-refractivity contribution < 1.29 is 9.59 Å². The molecule has 0 saturated carbocycles. The molecule has 1 N–H and O–H groups in total. The van der Waals surface area contributed by atoms with Gasteiger partial charge in [-0.1, -0.05) is 30.3 Å². The van der Waals surface area contributed by atoms with Gasteiger partial charge in [0.2, 0.25) is 11.8 Å². The van der Waals surface area contributed by atoms with E-state index in [0.29, 0.717) is 0 Å². The van der Waals surface area contributed by atoms with Crippen molar-refractivity contribution in [1.29, 1.82) is 0 Å². The molecular formula is C16H21N3O2. The van der Waals surface area contributed by atoms with Crippen molar-refractivity contribution in [3.8, 4) is 0 Å². The van der Waals surface area contributed by atoms with E-state index in [9.17, 15) is 9.59 Å². The maximum atomic E-state index is 12.4. The number of likely N-dealkylation sites (N-methyl/N-ethyl adjacent to an activating group) is 1. The zero-order chi connectivity index (χ0) is 14.8. The molecule has 0 radical (unpaired) electrons. The molecule has 1 aromatic carbocycles. The summed E-state index contributed by atoms with van der Waals surface area (Å²) in [5.41, 5.74) is 0.885. The van der Waals surface area contributed by atoms with Crippen molar-refractivity contribution in [2.45, 2.75) is 24.9 Å². The Bertz CT molecular complexity index is 532. The van der Waals surface area contributed by atoms with Gasteiger partial charge in [0.25, 0.3) is 0 Å². The Morgan fingerprint density at radius 2 is 1.95 bits per heavy atom. The Hall–Kier alpha value is -1.88. The molecule has 0 bridgehead atoms. The van der Waals surface area contributed by atoms with Crippen LogP contribution in [0.1, 0.15) is 24.4 Å². The summed E-state index contributed by atoms with van der Waals surface area (Å²) < 4.78 is 0. The maximum absolute atomic E-state index is 12.4. The number of amides is 2. The monoisotopic (exact) mass is 287 g/mol. The van der Waals surface area contributed by atoms with Crippen LogP contribution in [-0.4, -0.2) is 54.3 Å². The summed E-state index contributed by atoms with van der Waals surface area (Å²) in [5, 5.41) is 2.72. The number of likely N-dealkylation sites (tertiary alicyclic amines) is 1.